The van der Waals surface area contributed by atoms with Crippen LogP contribution in [-0.4, -0.2) is 50.2 Å². The van der Waals surface area contributed by atoms with E-state index in [-0.39, 0.29) is 0 Å². The minimum absolute atomic E-state index is 0.535. The molecule has 0 aromatic heterocycles. The number of amides is 1. The molecule has 3 nitrogen and oxygen atoms in total. The highest BCUT2D eigenvalue weighted by atomic mass is 19.4. The molecule has 0 aromatic rings. The molecule has 19 heavy (non-hydrogen) atoms. The number of halogens is 8. The molecule has 0 rings (SSSR count). The van der Waals surface area contributed by atoms with Crippen LogP contribution in [0.3, 0.4) is 0 Å². The quantitative estimate of drug-likeness (QED) is 0.700. The number of hydrogen-bond acceptors (Lipinski definition) is 2. The largest absolute Gasteiger partial charge is 0.379 e. The molecule has 1 amide bonds. The topological polar surface area (TPSA) is 41.1 Å². The van der Waals surface area contributed by atoms with E-state index in [2.05, 4.69) is 5.32 Å². The van der Waals surface area contributed by atoms with Gasteiger partial charge in [0, 0.05) is 0 Å². The summed E-state index contributed by atoms with van der Waals surface area (Å²) in [5.41, 5.74) is 0. The maximum atomic E-state index is 12.9. The molecule has 0 fully saturated rings. The standard InChI is InChI=1S/C8H10F8N2O/c1-17-2-4(19)18-3-6(11,12)8(15,16)7(13,14)5(9)10/h5,17H,2-3H2,1H3,(H,18,19). The van der Waals surface area contributed by atoms with Crippen LogP contribution in [0, 0.1) is 0 Å². The highest BCUT2D eigenvalue weighted by molar-refractivity contribution is 5.78. The first-order valence-electron chi connectivity index (χ1n) is 4.73. The minimum atomic E-state index is -6.30. The number of likely N-dealkylation sites (N-methyl/N-ethyl adjacent to an activating group) is 1. The molecule has 0 atom stereocenters. The van der Waals surface area contributed by atoms with Crippen LogP contribution in [0.4, 0.5) is 35.1 Å². The first-order chi connectivity index (χ1) is 8.40. The fraction of sp³-hybridized carbons (Fsp3) is 0.875. The van der Waals surface area contributed by atoms with E-state index < -0.39 is 43.2 Å². The smallest absolute Gasteiger partial charge is 0.349 e. The summed E-state index contributed by atoms with van der Waals surface area (Å²) in [5.74, 6) is -19.2. The molecular formula is C8H10F8N2O. The van der Waals surface area contributed by atoms with Crippen molar-refractivity contribution in [1.29, 1.82) is 0 Å². The average Bonchev–Trinajstić information content (AvgIpc) is 2.26. The van der Waals surface area contributed by atoms with Gasteiger partial charge in [0.05, 0.1) is 13.1 Å². The fourth-order valence-electron chi connectivity index (χ4n) is 0.925. The van der Waals surface area contributed by atoms with Gasteiger partial charge in [-0.05, 0) is 7.05 Å². The van der Waals surface area contributed by atoms with Crippen molar-refractivity contribution in [3.63, 3.8) is 0 Å². The summed E-state index contributed by atoms with van der Waals surface area (Å²) in [5, 5.41) is 3.41. The van der Waals surface area contributed by atoms with Gasteiger partial charge in [0.25, 0.3) is 0 Å². The summed E-state index contributed by atoms with van der Waals surface area (Å²) in [6, 6.07) is 0. The normalized spacial score (nSPS) is 13.8. The molecule has 0 saturated carbocycles. The van der Waals surface area contributed by atoms with Crippen molar-refractivity contribution in [2.45, 2.75) is 24.2 Å². The molecule has 0 aliphatic carbocycles. The van der Waals surface area contributed by atoms with Gasteiger partial charge in [-0.1, -0.05) is 0 Å². The summed E-state index contributed by atoms with van der Waals surface area (Å²) in [7, 11) is 1.23. The Morgan fingerprint density at radius 2 is 1.58 bits per heavy atom. The number of hydrogen-bond donors (Lipinski definition) is 2. The molecule has 0 spiro atoms. The van der Waals surface area contributed by atoms with E-state index >= 15 is 0 Å². The molecular weight excluding hydrogens is 292 g/mol. The van der Waals surface area contributed by atoms with Crippen molar-refractivity contribution >= 4 is 5.91 Å². The Balaban J connectivity index is 4.92. The van der Waals surface area contributed by atoms with E-state index in [9.17, 15) is 39.9 Å². The summed E-state index contributed by atoms with van der Waals surface area (Å²) < 4.78 is 99.3. The van der Waals surface area contributed by atoms with Crippen LogP contribution >= 0.6 is 0 Å². The highest BCUT2D eigenvalue weighted by Gasteiger charge is 2.75. The van der Waals surface area contributed by atoms with Gasteiger partial charge in [0.15, 0.2) is 0 Å². The van der Waals surface area contributed by atoms with E-state index in [1.165, 1.54) is 12.4 Å². The highest BCUT2D eigenvalue weighted by Crippen LogP contribution is 2.48. The van der Waals surface area contributed by atoms with Crippen LogP contribution in [0.15, 0.2) is 0 Å². The van der Waals surface area contributed by atoms with Gasteiger partial charge in [-0.25, -0.2) is 8.78 Å². The van der Waals surface area contributed by atoms with Crippen LogP contribution < -0.4 is 10.6 Å². The van der Waals surface area contributed by atoms with Gasteiger partial charge in [0.2, 0.25) is 5.91 Å². The number of carbonyl (C=O) groups excluding carboxylic acids is 1. The summed E-state index contributed by atoms with van der Waals surface area (Å²) >= 11 is 0. The van der Waals surface area contributed by atoms with Crippen LogP contribution in [0.25, 0.3) is 0 Å². The third kappa shape index (κ3) is 3.67. The zero-order valence-corrected chi connectivity index (χ0v) is 9.42. The Morgan fingerprint density at radius 3 is 1.95 bits per heavy atom. The molecule has 0 aliphatic heterocycles. The number of carbonyl (C=O) groups is 1. The predicted octanol–water partition coefficient (Wildman–Crippen LogP) is 1.49. The maximum absolute atomic E-state index is 12.9. The Bertz CT molecular complexity index is 320. The van der Waals surface area contributed by atoms with Crippen molar-refractivity contribution in [1.82, 2.24) is 10.6 Å². The van der Waals surface area contributed by atoms with Gasteiger partial charge in [-0.3, -0.25) is 4.79 Å². The lowest BCUT2D eigenvalue weighted by Gasteiger charge is -2.32. The van der Waals surface area contributed by atoms with E-state index in [1.54, 1.807) is 0 Å². The lowest BCUT2D eigenvalue weighted by molar-refractivity contribution is -0.336. The van der Waals surface area contributed by atoms with Crippen molar-refractivity contribution in [3.05, 3.63) is 0 Å². The Kier molecular flexibility index (Phi) is 5.53. The van der Waals surface area contributed by atoms with Gasteiger partial charge in [-0.15, -0.1) is 0 Å². The third-order valence-corrected chi connectivity index (χ3v) is 2.00. The number of rotatable bonds is 7. The average molecular weight is 302 g/mol. The lowest BCUT2D eigenvalue weighted by atomic mass is 10.0. The molecule has 0 bridgehead atoms. The molecule has 2 N–H and O–H groups in total. The van der Waals surface area contributed by atoms with E-state index in [0.29, 0.717) is 0 Å². The first kappa shape index (κ1) is 17.9. The third-order valence-electron chi connectivity index (χ3n) is 2.00. The maximum Gasteiger partial charge on any atom is 0.379 e. The van der Waals surface area contributed by atoms with E-state index in [4.69, 9.17) is 0 Å². The molecule has 114 valence electrons. The zero-order valence-electron chi connectivity index (χ0n) is 9.42. The summed E-state index contributed by atoms with van der Waals surface area (Å²) in [6.07, 6.45) is -4.97. The van der Waals surface area contributed by atoms with Crippen molar-refractivity contribution in [2.24, 2.45) is 0 Å². The molecule has 0 heterocycles. The molecule has 0 aliphatic rings. The molecule has 11 heteroatoms. The van der Waals surface area contributed by atoms with Crippen LogP contribution in [0.2, 0.25) is 0 Å². The second-order valence-electron chi connectivity index (χ2n) is 3.51. The van der Waals surface area contributed by atoms with Gasteiger partial charge < -0.3 is 10.6 Å². The first-order valence-corrected chi connectivity index (χ1v) is 4.73. The number of nitrogens with one attached hydrogen (secondary N) is 2. The lowest BCUT2D eigenvalue weighted by Crippen LogP contribution is -2.61. The molecule has 0 unspecified atom stereocenters. The zero-order chi connectivity index (χ0) is 15.5. The van der Waals surface area contributed by atoms with Gasteiger partial charge in [-0.2, -0.15) is 26.3 Å². The summed E-state index contributed by atoms with van der Waals surface area (Å²) in [6.45, 7) is -2.73. The van der Waals surface area contributed by atoms with Crippen LogP contribution in [-0.2, 0) is 4.79 Å². The Morgan fingerprint density at radius 1 is 1.11 bits per heavy atom. The minimum Gasteiger partial charge on any atom is -0.349 e. The van der Waals surface area contributed by atoms with E-state index in [1.807, 2.05) is 0 Å². The van der Waals surface area contributed by atoms with Crippen LogP contribution in [0.5, 0.6) is 0 Å². The van der Waals surface area contributed by atoms with Crippen LogP contribution in [0.1, 0.15) is 0 Å². The molecule has 0 radical (unpaired) electrons. The predicted molar refractivity (Wildman–Crippen MR) is 47.8 cm³/mol. The van der Waals surface area contributed by atoms with Crippen molar-refractivity contribution in [2.75, 3.05) is 20.1 Å². The SMILES string of the molecule is CNCC(=O)NCC(F)(F)C(F)(F)C(F)(F)C(F)F. The van der Waals surface area contributed by atoms with Gasteiger partial charge in [0.1, 0.15) is 0 Å². The molecule has 0 aromatic carbocycles. The van der Waals surface area contributed by atoms with E-state index in [0.717, 1.165) is 0 Å². The Labute approximate surface area is 102 Å². The Hall–Kier alpha value is -1.13. The van der Waals surface area contributed by atoms with Crippen molar-refractivity contribution < 1.29 is 39.9 Å². The second-order valence-corrected chi connectivity index (χ2v) is 3.51. The van der Waals surface area contributed by atoms with Gasteiger partial charge >= 0.3 is 24.2 Å². The van der Waals surface area contributed by atoms with Crippen molar-refractivity contribution in [3.8, 4) is 0 Å². The second kappa shape index (κ2) is 5.88. The number of alkyl halides is 8. The molecule has 0 saturated heterocycles. The summed E-state index contributed by atoms with van der Waals surface area (Å²) in [4.78, 5) is 10.7. The fourth-order valence-corrected chi connectivity index (χ4v) is 0.925. The monoisotopic (exact) mass is 302 g/mol.